The largest absolute Gasteiger partial charge is 0.492 e. The minimum absolute atomic E-state index is 0.338. The molecule has 3 rings (SSSR count). The molecule has 0 radical (unpaired) electrons. The lowest BCUT2D eigenvalue weighted by Gasteiger charge is -2.17. The number of aliphatic carboxylic acids is 1. The molecule has 0 saturated heterocycles. The summed E-state index contributed by atoms with van der Waals surface area (Å²) in [7, 11) is 0. The molecule has 0 aliphatic carbocycles. The number of ether oxygens (including phenoxy) is 2. The molecule has 5 heteroatoms. The summed E-state index contributed by atoms with van der Waals surface area (Å²) in [6.07, 6.45) is -0.485. The molecule has 5 nitrogen and oxygen atoms in total. The fourth-order valence-electron chi connectivity index (χ4n) is 3.71. The summed E-state index contributed by atoms with van der Waals surface area (Å²) in [5.41, 5.74) is 4.58. The smallest absolute Gasteiger partial charge is 0.333 e. The number of hydrogen-bond acceptors (Lipinski definition) is 3. The summed E-state index contributed by atoms with van der Waals surface area (Å²) in [5.74, 6) is 0.250. The number of carboxylic acids is 1. The van der Waals surface area contributed by atoms with Crippen molar-refractivity contribution >= 4 is 5.97 Å². The zero-order chi connectivity index (χ0) is 22.2. The fourth-order valence-corrected chi connectivity index (χ4v) is 3.71. The third-order valence-corrected chi connectivity index (χ3v) is 5.25. The van der Waals surface area contributed by atoms with Gasteiger partial charge in [0.15, 0.2) is 6.10 Å². The monoisotopic (exact) mass is 421 g/mol. The normalized spacial score (nSPS) is 12.1. The zero-order valence-electron chi connectivity index (χ0n) is 18.5. The van der Waals surface area contributed by atoms with Crippen molar-refractivity contribution < 1.29 is 19.4 Å². The van der Waals surface area contributed by atoms with Crippen molar-refractivity contribution in [1.82, 2.24) is 4.57 Å². The molecule has 2 aromatic carbocycles. The van der Waals surface area contributed by atoms with Crippen molar-refractivity contribution in [3.05, 3.63) is 78.0 Å². The van der Waals surface area contributed by atoms with Crippen LogP contribution in [0.1, 0.15) is 37.9 Å². The molecule has 0 spiro atoms. The standard InChI is InChI=1S/C26H31NO4/c1-4-30-25(26(28)29)18-20-10-12-22(13-11-20)31-17-16-27-23(19(2)3)14-15-24(27)21-8-6-5-7-9-21/h5-15,19,25H,4,16-18H2,1-3H3,(H,28,29). The van der Waals surface area contributed by atoms with Crippen molar-refractivity contribution in [2.45, 2.75) is 45.8 Å². The fraction of sp³-hybridized carbons (Fsp3) is 0.346. The van der Waals surface area contributed by atoms with Crippen LogP contribution >= 0.6 is 0 Å². The molecule has 0 amide bonds. The van der Waals surface area contributed by atoms with Gasteiger partial charge in [0.05, 0.1) is 6.54 Å². The Morgan fingerprint density at radius 1 is 1.00 bits per heavy atom. The number of aromatic nitrogens is 1. The molecule has 0 aliphatic heterocycles. The molecular weight excluding hydrogens is 390 g/mol. The minimum Gasteiger partial charge on any atom is -0.492 e. The lowest BCUT2D eigenvalue weighted by Crippen LogP contribution is -2.26. The third-order valence-electron chi connectivity index (χ3n) is 5.25. The number of carbonyl (C=O) groups is 1. The topological polar surface area (TPSA) is 60.7 Å². The highest BCUT2D eigenvalue weighted by Gasteiger charge is 2.18. The van der Waals surface area contributed by atoms with Crippen LogP contribution in [-0.4, -0.2) is 35.0 Å². The number of hydrogen-bond donors (Lipinski definition) is 1. The van der Waals surface area contributed by atoms with E-state index >= 15 is 0 Å². The van der Waals surface area contributed by atoms with Gasteiger partial charge in [0, 0.05) is 24.4 Å². The highest BCUT2D eigenvalue weighted by atomic mass is 16.5. The predicted molar refractivity (Wildman–Crippen MR) is 123 cm³/mol. The van der Waals surface area contributed by atoms with Gasteiger partial charge in [0.2, 0.25) is 0 Å². The first-order chi connectivity index (χ1) is 15.0. The number of rotatable bonds is 11. The van der Waals surface area contributed by atoms with Gasteiger partial charge in [-0.2, -0.15) is 0 Å². The summed E-state index contributed by atoms with van der Waals surface area (Å²) in [5, 5.41) is 9.24. The van der Waals surface area contributed by atoms with Crippen LogP contribution in [0.5, 0.6) is 5.75 Å². The maximum Gasteiger partial charge on any atom is 0.333 e. The Bertz CT molecular complexity index is 961. The minimum atomic E-state index is -0.941. The number of carboxylic acid groups (broad SMARTS) is 1. The van der Waals surface area contributed by atoms with Gasteiger partial charge in [-0.3, -0.25) is 0 Å². The first-order valence-electron chi connectivity index (χ1n) is 10.8. The van der Waals surface area contributed by atoms with Gasteiger partial charge in [-0.05, 0) is 48.2 Å². The highest BCUT2D eigenvalue weighted by molar-refractivity contribution is 5.72. The van der Waals surface area contributed by atoms with Crippen LogP contribution in [0.4, 0.5) is 0 Å². The van der Waals surface area contributed by atoms with Crippen LogP contribution in [0.2, 0.25) is 0 Å². The third kappa shape index (κ3) is 5.98. The molecule has 164 valence electrons. The van der Waals surface area contributed by atoms with E-state index in [0.717, 1.165) is 17.9 Å². The Hall–Kier alpha value is -3.05. The van der Waals surface area contributed by atoms with E-state index < -0.39 is 12.1 Å². The molecule has 1 atom stereocenters. The molecule has 1 heterocycles. The number of benzene rings is 2. The van der Waals surface area contributed by atoms with Crippen molar-refractivity contribution in [2.24, 2.45) is 0 Å². The Kier molecular flexibility index (Phi) is 7.90. The second-order valence-corrected chi connectivity index (χ2v) is 7.79. The van der Waals surface area contributed by atoms with Gasteiger partial charge in [-0.1, -0.05) is 56.3 Å². The molecule has 0 fully saturated rings. The van der Waals surface area contributed by atoms with E-state index in [9.17, 15) is 9.90 Å². The van der Waals surface area contributed by atoms with Gasteiger partial charge < -0.3 is 19.1 Å². The molecule has 31 heavy (non-hydrogen) atoms. The van der Waals surface area contributed by atoms with Gasteiger partial charge in [-0.25, -0.2) is 4.79 Å². The summed E-state index contributed by atoms with van der Waals surface area (Å²) in [6, 6.07) is 22.3. The van der Waals surface area contributed by atoms with Crippen LogP contribution in [-0.2, 0) is 22.5 Å². The van der Waals surface area contributed by atoms with Crippen LogP contribution in [0.25, 0.3) is 11.3 Å². The average molecular weight is 422 g/mol. The molecule has 3 aromatic rings. The molecule has 0 saturated carbocycles. The molecule has 1 N–H and O–H groups in total. The summed E-state index contributed by atoms with van der Waals surface area (Å²) in [4.78, 5) is 11.3. The molecule has 0 bridgehead atoms. The van der Waals surface area contributed by atoms with E-state index in [1.54, 1.807) is 6.92 Å². The van der Waals surface area contributed by atoms with Crippen LogP contribution in [0.15, 0.2) is 66.7 Å². The maximum atomic E-state index is 11.3. The van der Waals surface area contributed by atoms with Crippen molar-refractivity contribution in [2.75, 3.05) is 13.2 Å². The molecule has 1 unspecified atom stereocenters. The predicted octanol–water partition coefficient (Wildman–Crippen LogP) is 5.39. The molecular formula is C26H31NO4. The van der Waals surface area contributed by atoms with Crippen LogP contribution in [0.3, 0.4) is 0 Å². The summed E-state index contributed by atoms with van der Waals surface area (Å²) in [6.45, 7) is 7.87. The van der Waals surface area contributed by atoms with Crippen LogP contribution < -0.4 is 4.74 Å². The first-order valence-corrected chi connectivity index (χ1v) is 10.8. The van der Waals surface area contributed by atoms with Gasteiger partial charge in [0.25, 0.3) is 0 Å². The van der Waals surface area contributed by atoms with Crippen LogP contribution in [0, 0.1) is 0 Å². The Labute approximate surface area is 184 Å². The van der Waals surface area contributed by atoms with Gasteiger partial charge in [-0.15, -0.1) is 0 Å². The van der Waals surface area contributed by atoms with Crippen molar-refractivity contribution in [1.29, 1.82) is 0 Å². The second kappa shape index (κ2) is 10.8. The summed E-state index contributed by atoms with van der Waals surface area (Å²) >= 11 is 0. The van der Waals surface area contributed by atoms with E-state index in [4.69, 9.17) is 9.47 Å². The van der Waals surface area contributed by atoms with E-state index in [0.29, 0.717) is 25.6 Å². The Morgan fingerprint density at radius 2 is 1.71 bits per heavy atom. The van der Waals surface area contributed by atoms with E-state index in [2.05, 4.69) is 54.8 Å². The number of nitrogens with zero attached hydrogens (tertiary/aromatic N) is 1. The lowest BCUT2D eigenvalue weighted by atomic mass is 10.1. The van der Waals surface area contributed by atoms with Crippen molar-refractivity contribution in [3.63, 3.8) is 0 Å². The SMILES string of the molecule is CCOC(Cc1ccc(OCCn2c(-c3ccccc3)ccc2C(C)C)cc1)C(=O)O. The molecule has 0 aliphatic rings. The Morgan fingerprint density at radius 3 is 2.32 bits per heavy atom. The lowest BCUT2D eigenvalue weighted by molar-refractivity contribution is -0.149. The first kappa shape index (κ1) is 22.6. The Balaban J connectivity index is 1.64. The van der Waals surface area contributed by atoms with E-state index in [1.807, 2.05) is 30.3 Å². The highest BCUT2D eigenvalue weighted by Crippen LogP contribution is 2.26. The average Bonchev–Trinajstić information content (AvgIpc) is 3.19. The van der Waals surface area contributed by atoms with E-state index in [1.165, 1.54) is 17.0 Å². The zero-order valence-corrected chi connectivity index (χ0v) is 18.5. The van der Waals surface area contributed by atoms with E-state index in [-0.39, 0.29) is 0 Å². The molecule has 1 aromatic heterocycles. The van der Waals surface area contributed by atoms with Crippen molar-refractivity contribution in [3.8, 4) is 17.0 Å². The quantitative estimate of drug-likeness (QED) is 0.451. The maximum absolute atomic E-state index is 11.3. The van der Waals surface area contributed by atoms with Gasteiger partial charge in [0.1, 0.15) is 12.4 Å². The second-order valence-electron chi connectivity index (χ2n) is 7.79. The summed E-state index contributed by atoms with van der Waals surface area (Å²) < 4.78 is 13.6. The van der Waals surface area contributed by atoms with Gasteiger partial charge >= 0.3 is 5.97 Å².